The second-order valence-electron chi connectivity index (χ2n) is 2.89. The minimum absolute atomic E-state index is 0.542. The van der Waals surface area contributed by atoms with Crippen molar-refractivity contribution in [3.8, 4) is 0 Å². The summed E-state index contributed by atoms with van der Waals surface area (Å²) in [7, 11) is 0. The van der Waals surface area contributed by atoms with Crippen molar-refractivity contribution in [2.75, 3.05) is 0 Å². The van der Waals surface area contributed by atoms with E-state index < -0.39 is 0 Å². The summed E-state index contributed by atoms with van der Waals surface area (Å²) >= 11 is 4.52. The average molecular weight is 208 g/mol. The summed E-state index contributed by atoms with van der Waals surface area (Å²) in [5, 5.41) is 7.95. The first-order chi connectivity index (χ1) is 6.78. The van der Waals surface area contributed by atoms with Gasteiger partial charge in [-0.1, -0.05) is 5.16 Å². The maximum atomic E-state index is 4.93. The van der Waals surface area contributed by atoms with Gasteiger partial charge >= 0.3 is 0 Å². The molecule has 0 amide bonds. The highest BCUT2D eigenvalue weighted by Gasteiger charge is 2.02. The SMILES string of the molecule is Cc1cc(Cn2ccc(N=S)n2)no1. The number of hydrogen-bond donors (Lipinski definition) is 0. The lowest BCUT2D eigenvalue weighted by Gasteiger charge is -1.94. The van der Waals surface area contributed by atoms with Crippen molar-refractivity contribution in [3.63, 3.8) is 0 Å². The Kier molecular flexibility index (Phi) is 2.36. The molecular weight excluding hydrogens is 200 g/mol. The van der Waals surface area contributed by atoms with Gasteiger partial charge in [0.2, 0.25) is 0 Å². The van der Waals surface area contributed by atoms with E-state index in [4.69, 9.17) is 4.52 Å². The molecule has 14 heavy (non-hydrogen) atoms. The van der Waals surface area contributed by atoms with E-state index in [1.807, 2.05) is 13.0 Å². The molecule has 0 atom stereocenters. The number of aryl methyl sites for hydroxylation is 1. The molecule has 0 saturated heterocycles. The van der Waals surface area contributed by atoms with Crippen LogP contribution in [-0.4, -0.2) is 14.9 Å². The van der Waals surface area contributed by atoms with Crippen molar-refractivity contribution in [1.29, 1.82) is 0 Å². The predicted molar refractivity (Wildman–Crippen MR) is 52.0 cm³/mol. The summed E-state index contributed by atoms with van der Waals surface area (Å²) < 4.78 is 10.2. The second kappa shape index (κ2) is 3.67. The first-order valence-corrected chi connectivity index (χ1v) is 4.43. The molecule has 5 nitrogen and oxygen atoms in total. The summed E-state index contributed by atoms with van der Waals surface area (Å²) in [6.45, 7) is 2.42. The molecular formula is C8H8N4OS. The zero-order valence-corrected chi connectivity index (χ0v) is 8.36. The van der Waals surface area contributed by atoms with E-state index in [0.717, 1.165) is 11.5 Å². The van der Waals surface area contributed by atoms with Crippen LogP contribution < -0.4 is 0 Å². The Hall–Kier alpha value is -1.56. The largest absolute Gasteiger partial charge is 0.361 e. The Morgan fingerprint density at radius 1 is 1.64 bits per heavy atom. The molecule has 0 aliphatic rings. The molecule has 0 radical (unpaired) electrons. The fourth-order valence-corrected chi connectivity index (χ4v) is 1.24. The molecule has 2 rings (SSSR count). The maximum absolute atomic E-state index is 4.93. The highest BCUT2D eigenvalue weighted by atomic mass is 32.1. The topological polar surface area (TPSA) is 56.2 Å². The molecule has 0 aliphatic heterocycles. The van der Waals surface area contributed by atoms with Crippen LogP contribution in [0.1, 0.15) is 11.5 Å². The second-order valence-corrected chi connectivity index (χ2v) is 3.07. The van der Waals surface area contributed by atoms with Crippen LogP contribution >= 0.6 is 0 Å². The summed E-state index contributed by atoms with van der Waals surface area (Å²) in [6, 6.07) is 3.62. The van der Waals surface area contributed by atoms with Crippen molar-refractivity contribution in [2.24, 2.45) is 4.36 Å². The molecule has 2 aromatic heterocycles. The van der Waals surface area contributed by atoms with Gasteiger partial charge in [-0.05, 0) is 6.92 Å². The van der Waals surface area contributed by atoms with Crippen LogP contribution in [0, 0.1) is 6.92 Å². The average Bonchev–Trinajstić information content (AvgIpc) is 2.76. The van der Waals surface area contributed by atoms with E-state index >= 15 is 0 Å². The van der Waals surface area contributed by atoms with E-state index in [1.54, 1.807) is 16.9 Å². The summed E-state index contributed by atoms with van der Waals surface area (Å²) in [4.78, 5) is 0. The van der Waals surface area contributed by atoms with Crippen LogP contribution in [0.3, 0.4) is 0 Å². The van der Waals surface area contributed by atoms with Crippen LogP contribution in [0.2, 0.25) is 0 Å². The lowest BCUT2D eigenvalue weighted by atomic mass is 10.4. The number of aromatic nitrogens is 3. The maximum Gasteiger partial charge on any atom is 0.187 e. The Balaban J connectivity index is 2.14. The van der Waals surface area contributed by atoms with Crippen LogP contribution in [0.5, 0.6) is 0 Å². The molecule has 6 heteroatoms. The van der Waals surface area contributed by atoms with Crippen molar-refractivity contribution in [1.82, 2.24) is 14.9 Å². The third kappa shape index (κ3) is 1.85. The molecule has 0 spiro atoms. The molecule has 0 saturated carbocycles. The van der Waals surface area contributed by atoms with E-state index in [2.05, 4.69) is 27.0 Å². The normalized spacial score (nSPS) is 10.4. The first kappa shape index (κ1) is 9.01. The zero-order valence-electron chi connectivity index (χ0n) is 7.54. The fourth-order valence-electron chi connectivity index (χ4n) is 1.15. The number of rotatable bonds is 3. The van der Waals surface area contributed by atoms with Crippen molar-refractivity contribution in [3.05, 3.63) is 29.8 Å². The van der Waals surface area contributed by atoms with Crippen LogP contribution in [0.4, 0.5) is 5.82 Å². The summed E-state index contributed by atoms with van der Waals surface area (Å²) in [5.74, 6) is 1.33. The minimum atomic E-state index is 0.542. The Morgan fingerprint density at radius 3 is 3.07 bits per heavy atom. The van der Waals surface area contributed by atoms with Crippen LogP contribution in [0.25, 0.3) is 0 Å². The standard InChI is InChI=1S/C8H8N4OS/c1-6-4-7(10-13-6)5-12-3-2-8(9-12)11-14/h2-4H,5H2,1H3. The Labute approximate surface area is 85.9 Å². The molecule has 0 N–H and O–H groups in total. The van der Waals surface area contributed by atoms with Gasteiger partial charge in [-0.25, -0.2) is 0 Å². The highest BCUT2D eigenvalue weighted by Crippen LogP contribution is 2.08. The zero-order chi connectivity index (χ0) is 9.97. The highest BCUT2D eigenvalue weighted by molar-refractivity contribution is 7.47. The molecule has 72 valence electrons. The fraction of sp³-hybridized carbons (Fsp3) is 0.250. The first-order valence-electron chi connectivity index (χ1n) is 4.07. The van der Waals surface area contributed by atoms with Crippen molar-refractivity contribution in [2.45, 2.75) is 13.5 Å². The third-order valence-electron chi connectivity index (χ3n) is 1.72. The van der Waals surface area contributed by atoms with Crippen LogP contribution in [0.15, 0.2) is 27.2 Å². The Bertz CT molecular complexity index is 448. The number of hydrogen-bond acceptors (Lipinski definition) is 5. The van der Waals surface area contributed by atoms with Crippen LogP contribution in [-0.2, 0) is 19.0 Å². The number of nitrogens with zero attached hydrogens (tertiary/aromatic N) is 4. The smallest absolute Gasteiger partial charge is 0.187 e. The third-order valence-corrected chi connectivity index (χ3v) is 1.91. The van der Waals surface area contributed by atoms with Gasteiger partial charge in [-0.2, -0.15) is 9.46 Å². The van der Waals surface area contributed by atoms with E-state index in [0.29, 0.717) is 12.4 Å². The van der Waals surface area contributed by atoms with Gasteiger partial charge in [-0.15, -0.1) is 0 Å². The van der Waals surface area contributed by atoms with E-state index in [-0.39, 0.29) is 0 Å². The van der Waals surface area contributed by atoms with E-state index in [1.165, 1.54) is 0 Å². The monoisotopic (exact) mass is 208 g/mol. The molecule has 0 fully saturated rings. The van der Waals surface area contributed by atoms with E-state index in [9.17, 15) is 0 Å². The molecule has 0 unspecified atom stereocenters. The van der Waals surface area contributed by atoms with Gasteiger partial charge in [0.25, 0.3) is 0 Å². The quantitative estimate of drug-likeness (QED) is 0.768. The van der Waals surface area contributed by atoms with Gasteiger partial charge in [0.05, 0.1) is 6.54 Å². The summed E-state index contributed by atoms with van der Waals surface area (Å²) in [5.41, 5.74) is 0.835. The van der Waals surface area contributed by atoms with Gasteiger partial charge in [0, 0.05) is 30.8 Å². The van der Waals surface area contributed by atoms with Crippen molar-refractivity contribution < 1.29 is 4.52 Å². The van der Waals surface area contributed by atoms with Gasteiger partial charge < -0.3 is 4.52 Å². The van der Waals surface area contributed by atoms with Crippen molar-refractivity contribution >= 4 is 18.2 Å². The molecule has 2 aromatic rings. The predicted octanol–water partition coefficient (Wildman–Crippen LogP) is 1.59. The minimum Gasteiger partial charge on any atom is -0.361 e. The van der Waals surface area contributed by atoms with Gasteiger partial charge in [0.15, 0.2) is 5.82 Å². The molecule has 0 bridgehead atoms. The molecule has 2 heterocycles. The summed E-state index contributed by atoms with van der Waals surface area (Å²) in [6.07, 6.45) is 1.80. The van der Waals surface area contributed by atoms with Gasteiger partial charge in [-0.3, -0.25) is 4.68 Å². The Morgan fingerprint density at radius 2 is 2.50 bits per heavy atom. The molecule has 0 aromatic carbocycles. The lowest BCUT2D eigenvalue weighted by molar-refractivity contribution is 0.388. The van der Waals surface area contributed by atoms with Gasteiger partial charge in [0.1, 0.15) is 11.5 Å². The molecule has 0 aliphatic carbocycles. The lowest BCUT2D eigenvalue weighted by Crippen LogP contribution is -1.99.